The molecule has 4 heteroatoms. The third-order valence-corrected chi connectivity index (χ3v) is 2.95. The second-order valence-electron chi connectivity index (χ2n) is 5.11. The van der Waals surface area contributed by atoms with Crippen LogP contribution in [-0.2, 0) is 11.2 Å². The maximum Gasteiger partial charge on any atom is 0.221 e. The molecule has 0 heterocycles. The number of primary amides is 1. The Morgan fingerprint density at radius 3 is 2.17 bits per heavy atom. The monoisotopic (exact) mass is 255 g/mol. The van der Waals surface area contributed by atoms with Crippen LogP contribution in [-0.4, -0.2) is 5.91 Å². The Hall–Kier alpha value is -1.45. The first kappa shape index (κ1) is 14.6. The van der Waals surface area contributed by atoms with Gasteiger partial charge in [0.2, 0.25) is 5.91 Å². The van der Waals surface area contributed by atoms with Gasteiger partial charge in [-0.05, 0) is 34.6 Å². The molecule has 0 bridgehead atoms. The van der Waals surface area contributed by atoms with Gasteiger partial charge in [-0.15, -0.1) is 0 Å². The molecule has 18 heavy (non-hydrogen) atoms. The number of amides is 1. The highest BCUT2D eigenvalue weighted by molar-refractivity contribution is 5.77. The molecular weight excluding hydrogens is 236 g/mol. The Kier molecular flexibility index (Phi) is 4.43. The predicted octanol–water partition coefficient (Wildman–Crippen LogP) is 3.24. The molecule has 0 unspecified atom stereocenters. The highest BCUT2D eigenvalue weighted by atomic mass is 19.2. The summed E-state index contributed by atoms with van der Waals surface area (Å²) < 4.78 is 27.5. The SMILES string of the molecule is CC(C)c1cc(F)c(F)c(C(C)C)c1CC(N)=O. The summed E-state index contributed by atoms with van der Waals surface area (Å²) in [5.74, 6) is -2.47. The largest absolute Gasteiger partial charge is 0.369 e. The number of hydrogen-bond acceptors (Lipinski definition) is 1. The van der Waals surface area contributed by atoms with Gasteiger partial charge in [0.05, 0.1) is 6.42 Å². The Morgan fingerprint density at radius 2 is 1.78 bits per heavy atom. The molecule has 1 aromatic rings. The van der Waals surface area contributed by atoms with Crippen molar-refractivity contribution >= 4 is 5.91 Å². The van der Waals surface area contributed by atoms with E-state index in [2.05, 4.69) is 0 Å². The summed E-state index contributed by atoms with van der Waals surface area (Å²) in [7, 11) is 0. The maximum absolute atomic E-state index is 13.9. The molecule has 0 aliphatic heterocycles. The van der Waals surface area contributed by atoms with Gasteiger partial charge in [-0.3, -0.25) is 4.79 Å². The zero-order chi connectivity index (χ0) is 14.0. The number of hydrogen-bond donors (Lipinski definition) is 1. The third kappa shape index (κ3) is 2.86. The number of carbonyl (C=O) groups is 1. The van der Waals surface area contributed by atoms with Gasteiger partial charge >= 0.3 is 0 Å². The first-order valence-electron chi connectivity index (χ1n) is 6.04. The van der Waals surface area contributed by atoms with E-state index in [0.29, 0.717) is 11.1 Å². The van der Waals surface area contributed by atoms with Crippen molar-refractivity contribution in [2.24, 2.45) is 5.73 Å². The molecule has 1 rings (SSSR count). The molecule has 2 N–H and O–H groups in total. The van der Waals surface area contributed by atoms with E-state index in [1.165, 1.54) is 6.07 Å². The van der Waals surface area contributed by atoms with E-state index < -0.39 is 17.5 Å². The number of rotatable bonds is 4. The minimum atomic E-state index is -0.870. The van der Waals surface area contributed by atoms with Crippen LogP contribution in [0.2, 0.25) is 0 Å². The quantitative estimate of drug-likeness (QED) is 0.881. The lowest BCUT2D eigenvalue weighted by Crippen LogP contribution is -2.18. The van der Waals surface area contributed by atoms with Crippen LogP contribution < -0.4 is 5.73 Å². The molecule has 0 atom stereocenters. The molecule has 0 spiro atoms. The van der Waals surface area contributed by atoms with E-state index in [-0.39, 0.29) is 23.8 Å². The Bertz CT molecular complexity index is 467. The van der Waals surface area contributed by atoms with Crippen molar-refractivity contribution in [1.82, 2.24) is 0 Å². The molecule has 1 amide bonds. The Balaban J connectivity index is 3.57. The van der Waals surface area contributed by atoms with Crippen molar-refractivity contribution in [2.45, 2.75) is 46.0 Å². The van der Waals surface area contributed by atoms with Gasteiger partial charge < -0.3 is 5.73 Å². The van der Waals surface area contributed by atoms with E-state index >= 15 is 0 Å². The van der Waals surface area contributed by atoms with Crippen LogP contribution in [0.25, 0.3) is 0 Å². The number of halogens is 2. The number of carbonyl (C=O) groups excluding carboxylic acids is 1. The van der Waals surface area contributed by atoms with Crippen molar-refractivity contribution in [3.8, 4) is 0 Å². The average Bonchev–Trinajstić information content (AvgIpc) is 2.21. The minimum Gasteiger partial charge on any atom is -0.369 e. The second-order valence-corrected chi connectivity index (χ2v) is 5.11. The van der Waals surface area contributed by atoms with Crippen LogP contribution in [0.4, 0.5) is 8.78 Å². The van der Waals surface area contributed by atoms with E-state index in [4.69, 9.17) is 5.73 Å². The van der Waals surface area contributed by atoms with Crippen LogP contribution in [0.1, 0.15) is 56.2 Å². The van der Waals surface area contributed by atoms with Gasteiger partial charge in [0, 0.05) is 0 Å². The fourth-order valence-electron chi connectivity index (χ4n) is 2.19. The zero-order valence-corrected chi connectivity index (χ0v) is 11.2. The first-order chi connectivity index (χ1) is 8.25. The lowest BCUT2D eigenvalue weighted by molar-refractivity contribution is -0.117. The summed E-state index contributed by atoms with van der Waals surface area (Å²) in [6.45, 7) is 7.29. The lowest BCUT2D eigenvalue weighted by Gasteiger charge is -2.20. The molecule has 0 aliphatic rings. The van der Waals surface area contributed by atoms with Crippen molar-refractivity contribution < 1.29 is 13.6 Å². The third-order valence-electron chi connectivity index (χ3n) is 2.95. The molecule has 0 aromatic heterocycles. The van der Waals surface area contributed by atoms with E-state index in [1.807, 2.05) is 13.8 Å². The van der Waals surface area contributed by atoms with E-state index in [1.54, 1.807) is 13.8 Å². The molecule has 0 saturated heterocycles. The molecule has 1 aromatic carbocycles. The molecule has 0 saturated carbocycles. The summed E-state index contributed by atoms with van der Waals surface area (Å²) in [6.07, 6.45) is -0.0573. The van der Waals surface area contributed by atoms with Gasteiger partial charge in [0.15, 0.2) is 11.6 Å². The smallest absolute Gasteiger partial charge is 0.221 e. The predicted molar refractivity (Wildman–Crippen MR) is 67.4 cm³/mol. The molecule has 0 fully saturated rings. The van der Waals surface area contributed by atoms with Crippen molar-refractivity contribution in [1.29, 1.82) is 0 Å². The van der Waals surface area contributed by atoms with Crippen molar-refractivity contribution in [3.63, 3.8) is 0 Å². The summed E-state index contributed by atoms with van der Waals surface area (Å²) in [4.78, 5) is 11.1. The summed E-state index contributed by atoms with van der Waals surface area (Å²) in [6, 6.07) is 1.17. The van der Waals surface area contributed by atoms with Crippen molar-refractivity contribution in [2.75, 3.05) is 0 Å². The summed E-state index contributed by atoms with van der Waals surface area (Å²) in [5.41, 5.74) is 6.64. The van der Waals surface area contributed by atoms with Gasteiger partial charge in [-0.1, -0.05) is 27.7 Å². The van der Waals surface area contributed by atoms with Gasteiger partial charge in [-0.25, -0.2) is 8.78 Å². The minimum absolute atomic E-state index is 0.00644. The first-order valence-corrected chi connectivity index (χ1v) is 6.04. The molecule has 0 radical (unpaired) electrons. The molecule has 0 aliphatic carbocycles. The highest BCUT2D eigenvalue weighted by Crippen LogP contribution is 2.32. The van der Waals surface area contributed by atoms with Gasteiger partial charge in [0.1, 0.15) is 0 Å². The Morgan fingerprint density at radius 1 is 1.22 bits per heavy atom. The second kappa shape index (κ2) is 5.46. The highest BCUT2D eigenvalue weighted by Gasteiger charge is 2.22. The number of benzene rings is 1. The molecule has 100 valence electrons. The average molecular weight is 255 g/mol. The standard InChI is InChI=1S/C14H19F2NO/c1-7(2)9-5-11(15)14(16)13(8(3)4)10(9)6-12(17)18/h5,7-8H,6H2,1-4H3,(H2,17,18). The van der Waals surface area contributed by atoms with E-state index in [0.717, 1.165) is 0 Å². The Labute approximate surface area is 106 Å². The topological polar surface area (TPSA) is 43.1 Å². The van der Waals surface area contributed by atoms with E-state index in [9.17, 15) is 13.6 Å². The van der Waals surface area contributed by atoms with Crippen LogP contribution >= 0.6 is 0 Å². The van der Waals surface area contributed by atoms with Crippen LogP contribution in [0.15, 0.2) is 6.07 Å². The zero-order valence-electron chi connectivity index (χ0n) is 11.2. The fraction of sp³-hybridized carbons (Fsp3) is 0.500. The molecular formula is C14H19F2NO. The number of nitrogens with two attached hydrogens (primary N) is 1. The van der Waals surface area contributed by atoms with Gasteiger partial charge in [-0.2, -0.15) is 0 Å². The normalized spacial score (nSPS) is 11.3. The lowest BCUT2D eigenvalue weighted by atomic mass is 9.86. The summed E-state index contributed by atoms with van der Waals surface area (Å²) in [5, 5.41) is 0. The maximum atomic E-state index is 13.9. The summed E-state index contributed by atoms with van der Waals surface area (Å²) >= 11 is 0. The van der Waals surface area contributed by atoms with Gasteiger partial charge in [0.25, 0.3) is 0 Å². The van der Waals surface area contributed by atoms with Crippen LogP contribution in [0, 0.1) is 11.6 Å². The van der Waals surface area contributed by atoms with Crippen LogP contribution in [0.5, 0.6) is 0 Å². The fourth-order valence-corrected chi connectivity index (χ4v) is 2.19. The molecule has 2 nitrogen and oxygen atoms in total. The van der Waals surface area contributed by atoms with Crippen molar-refractivity contribution in [3.05, 3.63) is 34.4 Å². The van der Waals surface area contributed by atoms with Crippen LogP contribution in [0.3, 0.4) is 0 Å².